The van der Waals surface area contributed by atoms with Crippen molar-refractivity contribution in [2.24, 2.45) is 5.73 Å². The second-order valence-corrected chi connectivity index (χ2v) is 5.25. The van der Waals surface area contributed by atoms with Gasteiger partial charge in [-0.1, -0.05) is 6.07 Å². The summed E-state index contributed by atoms with van der Waals surface area (Å²) in [6, 6.07) is 3.38. The van der Waals surface area contributed by atoms with E-state index in [9.17, 15) is 10.1 Å². The first-order valence-electron chi connectivity index (χ1n) is 5.97. The fourth-order valence-corrected chi connectivity index (χ4v) is 2.81. The van der Waals surface area contributed by atoms with E-state index in [1.54, 1.807) is 12.4 Å². The minimum atomic E-state index is -0.793. The lowest BCUT2D eigenvalue weighted by Gasteiger charge is -2.07. The number of hydrogen-bond acceptors (Lipinski definition) is 7. The van der Waals surface area contributed by atoms with E-state index in [0.717, 1.165) is 21.1 Å². The number of thiazole rings is 1. The topological polar surface area (TPSA) is 104 Å². The van der Waals surface area contributed by atoms with Crippen LogP contribution in [0.3, 0.4) is 0 Å². The maximum absolute atomic E-state index is 10.1. The zero-order chi connectivity index (χ0) is 14.5. The Balaban J connectivity index is 2.08. The molecule has 0 fully saturated rings. The number of hydrogen-bond donors (Lipinski definition) is 1. The van der Waals surface area contributed by atoms with Crippen LogP contribution in [-0.4, -0.2) is 21.7 Å². The van der Waals surface area contributed by atoms with E-state index >= 15 is 0 Å². The molecule has 2 aromatic heterocycles. The molecule has 0 saturated heterocycles. The van der Waals surface area contributed by atoms with Gasteiger partial charge in [-0.2, -0.15) is 0 Å². The summed E-state index contributed by atoms with van der Waals surface area (Å²) in [5.41, 5.74) is 7.86. The van der Waals surface area contributed by atoms with Crippen LogP contribution in [0.4, 0.5) is 0 Å². The Morgan fingerprint density at radius 1 is 1.60 bits per heavy atom. The molecule has 2 rings (SSSR count). The van der Waals surface area contributed by atoms with Crippen LogP contribution in [0.2, 0.25) is 0 Å². The van der Waals surface area contributed by atoms with Gasteiger partial charge >= 0.3 is 0 Å². The van der Waals surface area contributed by atoms with Crippen molar-refractivity contribution in [3.63, 3.8) is 0 Å². The third-order valence-electron chi connectivity index (χ3n) is 2.74. The van der Waals surface area contributed by atoms with Gasteiger partial charge in [0.25, 0.3) is 5.09 Å². The number of aromatic nitrogens is 2. The van der Waals surface area contributed by atoms with Crippen molar-refractivity contribution in [1.29, 1.82) is 0 Å². The molecule has 0 aliphatic heterocycles. The summed E-state index contributed by atoms with van der Waals surface area (Å²) >= 11 is 1.45. The van der Waals surface area contributed by atoms with Crippen LogP contribution in [0.15, 0.2) is 24.5 Å². The third-order valence-corrected chi connectivity index (χ3v) is 4.04. The SMILES string of the molecule is Cc1nc(C(N)c2cccnc2)sc1CCO[N+](=O)[O-]. The summed E-state index contributed by atoms with van der Waals surface area (Å²) in [6.45, 7) is 1.88. The smallest absolute Gasteiger partial charge is 0.294 e. The van der Waals surface area contributed by atoms with Gasteiger partial charge in [0.2, 0.25) is 0 Å². The van der Waals surface area contributed by atoms with Crippen LogP contribution in [0.5, 0.6) is 0 Å². The molecule has 2 aromatic rings. The predicted octanol–water partition coefficient (Wildman–Crippen LogP) is 1.65. The normalized spacial score (nSPS) is 12.1. The summed E-state index contributed by atoms with van der Waals surface area (Å²) < 4.78 is 0. The fourth-order valence-electron chi connectivity index (χ4n) is 1.73. The Morgan fingerprint density at radius 2 is 2.40 bits per heavy atom. The molecule has 0 saturated carbocycles. The van der Waals surface area contributed by atoms with Gasteiger partial charge in [-0.3, -0.25) is 4.98 Å². The van der Waals surface area contributed by atoms with Crippen molar-refractivity contribution < 1.29 is 9.92 Å². The maximum atomic E-state index is 10.1. The van der Waals surface area contributed by atoms with E-state index in [0.29, 0.717) is 6.42 Å². The van der Waals surface area contributed by atoms with E-state index in [4.69, 9.17) is 5.73 Å². The molecule has 0 aliphatic rings. The monoisotopic (exact) mass is 294 g/mol. The van der Waals surface area contributed by atoms with E-state index in [1.807, 2.05) is 19.1 Å². The van der Waals surface area contributed by atoms with Crippen LogP contribution in [-0.2, 0) is 11.3 Å². The summed E-state index contributed by atoms with van der Waals surface area (Å²) in [7, 11) is 0. The molecule has 7 nitrogen and oxygen atoms in total. The van der Waals surface area contributed by atoms with E-state index in [-0.39, 0.29) is 12.6 Å². The average molecular weight is 294 g/mol. The van der Waals surface area contributed by atoms with Gasteiger partial charge in [0, 0.05) is 23.7 Å². The fraction of sp³-hybridized carbons (Fsp3) is 0.333. The van der Waals surface area contributed by atoms with Crippen molar-refractivity contribution in [3.8, 4) is 0 Å². The number of nitrogens with two attached hydrogens (primary N) is 1. The molecular formula is C12H14N4O3S. The first kappa shape index (κ1) is 14.4. The quantitative estimate of drug-likeness (QED) is 0.641. The first-order valence-corrected chi connectivity index (χ1v) is 6.78. The summed E-state index contributed by atoms with van der Waals surface area (Å²) in [5, 5.41) is 10.1. The standard InChI is InChI=1S/C12H14N4O3S/c1-8-10(4-6-19-16(17)18)20-12(15-8)11(13)9-3-2-5-14-7-9/h2-3,5,7,11H,4,6,13H2,1H3. The Hall–Kier alpha value is -2.06. The lowest BCUT2D eigenvalue weighted by molar-refractivity contribution is -0.757. The zero-order valence-corrected chi connectivity index (χ0v) is 11.7. The van der Waals surface area contributed by atoms with Crippen molar-refractivity contribution in [3.05, 3.63) is 55.8 Å². The summed E-state index contributed by atoms with van der Waals surface area (Å²) in [5.74, 6) is 0. The highest BCUT2D eigenvalue weighted by Gasteiger charge is 2.16. The molecule has 0 aromatic carbocycles. The van der Waals surface area contributed by atoms with E-state index < -0.39 is 5.09 Å². The first-order chi connectivity index (χ1) is 9.58. The highest BCUT2D eigenvalue weighted by molar-refractivity contribution is 7.11. The van der Waals surface area contributed by atoms with E-state index in [2.05, 4.69) is 14.8 Å². The van der Waals surface area contributed by atoms with Crippen LogP contribution in [0, 0.1) is 17.0 Å². The lowest BCUT2D eigenvalue weighted by Crippen LogP contribution is -2.11. The van der Waals surface area contributed by atoms with Gasteiger partial charge in [-0.05, 0) is 18.6 Å². The Labute approximate surface area is 119 Å². The third kappa shape index (κ3) is 3.49. The molecule has 0 aliphatic carbocycles. The molecule has 1 unspecified atom stereocenters. The van der Waals surface area contributed by atoms with Gasteiger partial charge in [-0.15, -0.1) is 21.5 Å². The molecule has 2 heterocycles. The van der Waals surface area contributed by atoms with Crippen molar-refractivity contribution in [2.75, 3.05) is 6.61 Å². The molecule has 20 heavy (non-hydrogen) atoms. The molecule has 2 N–H and O–H groups in total. The number of nitrogens with zero attached hydrogens (tertiary/aromatic N) is 3. The van der Waals surface area contributed by atoms with Gasteiger partial charge in [-0.25, -0.2) is 4.98 Å². The van der Waals surface area contributed by atoms with Gasteiger partial charge < -0.3 is 10.6 Å². The molecule has 106 valence electrons. The van der Waals surface area contributed by atoms with Gasteiger partial charge in [0.15, 0.2) is 0 Å². The molecule has 0 amide bonds. The van der Waals surface area contributed by atoms with Crippen molar-refractivity contribution >= 4 is 11.3 Å². The molecule has 8 heteroatoms. The Bertz CT molecular complexity index is 588. The van der Waals surface area contributed by atoms with Crippen LogP contribution >= 0.6 is 11.3 Å². The van der Waals surface area contributed by atoms with Gasteiger partial charge in [0.05, 0.1) is 11.7 Å². The van der Waals surface area contributed by atoms with Gasteiger partial charge in [0.1, 0.15) is 11.6 Å². The highest BCUT2D eigenvalue weighted by atomic mass is 32.1. The second kappa shape index (κ2) is 6.40. The molecule has 1 atom stereocenters. The molecule has 0 bridgehead atoms. The summed E-state index contributed by atoms with van der Waals surface area (Å²) in [6.07, 6.45) is 3.84. The number of aryl methyl sites for hydroxylation is 1. The largest absolute Gasteiger partial charge is 0.318 e. The van der Waals surface area contributed by atoms with Crippen LogP contribution in [0.1, 0.15) is 27.2 Å². The minimum Gasteiger partial charge on any atom is -0.318 e. The van der Waals surface area contributed by atoms with Crippen molar-refractivity contribution in [2.45, 2.75) is 19.4 Å². The summed E-state index contributed by atoms with van der Waals surface area (Å²) in [4.78, 5) is 23.8. The minimum absolute atomic E-state index is 0.0254. The maximum Gasteiger partial charge on any atom is 0.294 e. The van der Waals surface area contributed by atoms with Crippen molar-refractivity contribution in [1.82, 2.24) is 9.97 Å². The number of pyridine rings is 1. The van der Waals surface area contributed by atoms with Crippen LogP contribution < -0.4 is 5.73 Å². The zero-order valence-electron chi connectivity index (χ0n) is 10.9. The predicted molar refractivity (Wildman–Crippen MR) is 73.8 cm³/mol. The Kier molecular flexibility index (Phi) is 4.59. The highest BCUT2D eigenvalue weighted by Crippen LogP contribution is 2.26. The number of rotatable bonds is 6. The molecule has 0 spiro atoms. The Morgan fingerprint density at radius 3 is 3.05 bits per heavy atom. The van der Waals surface area contributed by atoms with Crippen LogP contribution in [0.25, 0.3) is 0 Å². The second-order valence-electron chi connectivity index (χ2n) is 4.13. The lowest BCUT2D eigenvalue weighted by atomic mass is 10.1. The molecular weight excluding hydrogens is 280 g/mol. The van der Waals surface area contributed by atoms with E-state index in [1.165, 1.54) is 11.3 Å². The average Bonchev–Trinajstić information content (AvgIpc) is 2.80. The molecule has 0 radical (unpaired) electrons.